The van der Waals surface area contributed by atoms with Crippen LogP contribution in [0.5, 0.6) is 0 Å². The number of nitrogens with one attached hydrogen (secondary N) is 2. The summed E-state index contributed by atoms with van der Waals surface area (Å²) in [6, 6.07) is 20.2. The number of imidazole rings is 1. The predicted molar refractivity (Wildman–Crippen MR) is 144 cm³/mol. The maximum Gasteiger partial charge on any atom is 0.255 e. The maximum atomic E-state index is 13.2. The van der Waals surface area contributed by atoms with Gasteiger partial charge in [-0.05, 0) is 91.3 Å². The molecule has 0 spiro atoms. The van der Waals surface area contributed by atoms with Crippen molar-refractivity contribution in [3.05, 3.63) is 83.7 Å². The van der Waals surface area contributed by atoms with Gasteiger partial charge in [0.2, 0.25) is 5.95 Å². The van der Waals surface area contributed by atoms with E-state index in [-0.39, 0.29) is 17.1 Å². The average Bonchev–Trinajstić information content (AvgIpc) is 3.22. The number of carbonyl (C=O) groups excluding carboxylic acids is 1. The average molecular weight is 485 g/mol. The van der Waals surface area contributed by atoms with E-state index >= 15 is 0 Å². The summed E-state index contributed by atoms with van der Waals surface area (Å²) in [4.78, 5) is 17.9. The van der Waals surface area contributed by atoms with Gasteiger partial charge in [0, 0.05) is 23.0 Å². The van der Waals surface area contributed by atoms with Crippen LogP contribution >= 0.6 is 0 Å². The highest BCUT2D eigenvalue weighted by atomic mass is 19.1. The summed E-state index contributed by atoms with van der Waals surface area (Å²) in [7, 11) is 0. The normalized spacial score (nSPS) is 17.2. The van der Waals surface area contributed by atoms with Crippen molar-refractivity contribution >= 4 is 34.3 Å². The minimum absolute atomic E-state index is 0.249. The van der Waals surface area contributed by atoms with E-state index in [0.717, 1.165) is 41.9 Å². The van der Waals surface area contributed by atoms with Crippen molar-refractivity contribution < 1.29 is 9.18 Å². The fraction of sp³-hybridized carbons (Fsp3) is 0.333. The molecule has 1 heterocycles. The van der Waals surface area contributed by atoms with Gasteiger partial charge in [-0.2, -0.15) is 0 Å². The van der Waals surface area contributed by atoms with Crippen molar-refractivity contribution in [2.24, 2.45) is 5.41 Å². The Morgan fingerprint density at radius 3 is 2.47 bits per heavy atom. The van der Waals surface area contributed by atoms with E-state index in [1.807, 2.05) is 18.2 Å². The van der Waals surface area contributed by atoms with Crippen molar-refractivity contribution in [2.75, 3.05) is 10.6 Å². The van der Waals surface area contributed by atoms with Gasteiger partial charge in [0.05, 0.1) is 11.0 Å². The molecular weight excluding hydrogens is 451 g/mol. The number of anilines is 3. The lowest BCUT2D eigenvalue weighted by molar-refractivity contribution is 0.102. The van der Waals surface area contributed by atoms with Crippen LogP contribution in [0.15, 0.2) is 66.7 Å². The van der Waals surface area contributed by atoms with Crippen molar-refractivity contribution in [1.29, 1.82) is 0 Å². The molecule has 186 valence electrons. The third-order valence-electron chi connectivity index (χ3n) is 7.22. The summed E-state index contributed by atoms with van der Waals surface area (Å²) in [6.45, 7) is 6.83. The second-order valence-corrected chi connectivity index (χ2v) is 10.6. The number of benzene rings is 3. The van der Waals surface area contributed by atoms with Crippen LogP contribution in [0, 0.1) is 11.2 Å². The minimum atomic E-state index is -0.338. The Morgan fingerprint density at radius 2 is 1.78 bits per heavy atom. The van der Waals surface area contributed by atoms with E-state index in [4.69, 9.17) is 4.98 Å². The summed E-state index contributed by atoms with van der Waals surface area (Å²) in [5.74, 6) is 0.213. The third-order valence-corrected chi connectivity index (χ3v) is 7.22. The molecule has 1 atom stereocenters. The SMILES string of the molecule is CCc1ccc(Nc2nc3cc(C(=O)Nc4ccc(F)cc4)ccc3n2C2CCCC(C)(C)C2)cc1. The molecule has 0 radical (unpaired) electrons. The van der Waals surface area contributed by atoms with Crippen LogP contribution in [-0.4, -0.2) is 15.5 Å². The molecule has 0 bridgehead atoms. The Kier molecular flexibility index (Phi) is 6.52. The molecule has 5 nitrogen and oxygen atoms in total. The van der Waals surface area contributed by atoms with E-state index in [1.165, 1.54) is 30.5 Å². The minimum Gasteiger partial charge on any atom is -0.326 e. The molecule has 5 rings (SSSR count). The van der Waals surface area contributed by atoms with Crippen molar-refractivity contribution in [3.63, 3.8) is 0 Å². The van der Waals surface area contributed by atoms with Gasteiger partial charge in [0.15, 0.2) is 0 Å². The molecule has 1 aromatic heterocycles. The molecule has 1 fully saturated rings. The zero-order valence-electron chi connectivity index (χ0n) is 21.1. The molecule has 2 N–H and O–H groups in total. The fourth-order valence-corrected chi connectivity index (χ4v) is 5.27. The molecular formula is C30H33FN4O. The van der Waals surface area contributed by atoms with E-state index in [2.05, 4.69) is 60.2 Å². The molecule has 6 heteroatoms. The molecule has 0 aliphatic heterocycles. The molecule has 4 aromatic rings. The molecule has 1 aliphatic rings. The van der Waals surface area contributed by atoms with Gasteiger partial charge >= 0.3 is 0 Å². The van der Waals surface area contributed by atoms with Gasteiger partial charge in [-0.1, -0.05) is 39.3 Å². The predicted octanol–water partition coefficient (Wildman–Crippen LogP) is 7.88. The standard InChI is InChI=1S/C30H33FN4O/c1-4-20-7-12-24(13-8-20)33-29-34-26-18-21(28(36)32-23-14-10-22(31)11-15-23)9-16-27(26)35(29)25-6-5-17-30(2,3)19-25/h7-16,18,25H,4-6,17,19H2,1-3H3,(H,32,36)(H,33,34). The van der Waals surface area contributed by atoms with Crippen LogP contribution in [0.4, 0.5) is 21.7 Å². The number of carbonyl (C=O) groups is 1. The Morgan fingerprint density at radius 1 is 1.06 bits per heavy atom. The highest BCUT2D eigenvalue weighted by molar-refractivity contribution is 6.06. The zero-order chi connectivity index (χ0) is 25.3. The van der Waals surface area contributed by atoms with E-state index in [0.29, 0.717) is 17.3 Å². The first-order valence-electron chi connectivity index (χ1n) is 12.8. The first-order chi connectivity index (χ1) is 17.3. The quantitative estimate of drug-likeness (QED) is 0.293. The van der Waals surface area contributed by atoms with Crippen molar-refractivity contribution in [2.45, 2.75) is 58.9 Å². The molecule has 1 amide bonds. The smallest absolute Gasteiger partial charge is 0.255 e. The fourth-order valence-electron chi connectivity index (χ4n) is 5.27. The number of aryl methyl sites for hydroxylation is 1. The van der Waals surface area contributed by atoms with Crippen LogP contribution in [0.1, 0.15) is 68.4 Å². The van der Waals surface area contributed by atoms with Crippen LogP contribution in [0.25, 0.3) is 11.0 Å². The molecule has 36 heavy (non-hydrogen) atoms. The Labute approximate surface area is 211 Å². The largest absolute Gasteiger partial charge is 0.326 e. The lowest BCUT2D eigenvalue weighted by Crippen LogP contribution is -2.25. The number of amides is 1. The first-order valence-corrected chi connectivity index (χ1v) is 12.8. The summed E-state index contributed by atoms with van der Waals surface area (Å²) >= 11 is 0. The van der Waals surface area contributed by atoms with Gasteiger partial charge in [0.25, 0.3) is 5.91 Å². The molecule has 0 saturated heterocycles. The monoisotopic (exact) mass is 484 g/mol. The number of hydrogen-bond acceptors (Lipinski definition) is 3. The summed E-state index contributed by atoms with van der Waals surface area (Å²) < 4.78 is 15.6. The number of fused-ring (bicyclic) bond motifs is 1. The summed E-state index contributed by atoms with van der Waals surface area (Å²) in [5, 5.41) is 6.39. The number of aromatic nitrogens is 2. The van der Waals surface area contributed by atoms with Gasteiger partial charge in [-0.15, -0.1) is 0 Å². The number of rotatable bonds is 6. The van der Waals surface area contributed by atoms with Crippen LogP contribution < -0.4 is 10.6 Å². The zero-order valence-corrected chi connectivity index (χ0v) is 21.1. The second kappa shape index (κ2) is 9.76. The molecule has 1 saturated carbocycles. The van der Waals surface area contributed by atoms with E-state index < -0.39 is 0 Å². The van der Waals surface area contributed by atoms with Crippen molar-refractivity contribution in [1.82, 2.24) is 9.55 Å². The Bertz CT molecular complexity index is 1370. The lowest BCUT2D eigenvalue weighted by Gasteiger charge is -2.36. The number of nitrogens with zero attached hydrogens (tertiary/aromatic N) is 2. The molecule has 3 aromatic carbocycles. The number of halogens is 1. The maximum absolute atomic E-state index is 13.2. The van der Waals surface area contributed by atoms with Gasteiger partial charge in [0.1, 0.15) is 5.82 Å². The molecule has 1 aliphatic carbocycles. The topological polar surface area (TPSA) is 59.0 Å². The summed E-state index contributed by atoms with van der Waals surface area (Å²) in [5.41, 5.74) is 5.41. The second-order valence-electron chi connectivity index (χ2n) is 10.6. The Balaban J connectivity index is 1.50. The first kappa shape index (κ1) is 24.0. The summed E-state index contributed by atoms with van der Waals surface area (Å²) in [6.07, 6.45) is 5.59. The highest BCUT2D eigenvalue weighted by Gasteiger charge is 2.31. The van der Waals surface area contributed by atoms with Crippen LogP contribution in [0.2, 0.25) is 0 Å². The Hall–Kier alpha value is -3.67. The van der Waals surface area contributed by atoms with E-state index in [1.54, 1.807) is 12.1 Å². The molecule has 1 unspecified atom stereocenters. The lowest BCUT2D eigenvalue weighted by atomic mass is 9.75. The van der Waals surface area contributed by atoms with Gasteiger partial charge in [-0.3, -0.25) is 4.79 Å². The third kappa shape index (κ3) is 5.13. The van der Waals surface area contributed by atoms with Gasteiger partial charge < -0.3 is 15.2 Å². The van der Waals surface area contributed by atoms with Gasteiger partial charge in [-0.25, -0.2) is 9.37 Å². The van der Waals surface area contributed by atoms with Crippen LogP contribution in [-0.2, 0) is 6.42 Å². The van der Waals surface area contributed by atoms with Crippen molar-refractivity contribution in [3.8, 4) is 0 Å². The van der Waals surface area contributed by atoms with E-state index in [9.17, 15) is 9.18 Å². The number of hydrogen-bond donors (Lipinski definition) is 2. The van der Waals surface area contributed by atoms with Crippen LogP contribution in [0.3, 0.4) is 0 Å². The highest BCUT2D eigenvalue weighted by Crippen LogP contribution is 2.43.